The molecule has 3 N–H and O–H groups in total. The number of nitrogen functional groups attached to an aromatic ring is 1. The van der Waals surface area contributed by atoms with E-state index >= 15 is 0 Å². The van der Waals surface area contributed by atoms with Gasteiger partial charge in [-0.2, -0.15) is 0 Å². The van der Waals surface area contributed by atoms with Crippen LogP contribution in [-0.4, -0.2) is 20.9 Å². The van der Waals surface area contributed by atoms with Gasteiger partial charge in [0.2, 0.25) is 0 Å². The highest BCUT2D eigenvalue weighted by molar-refractivity contribution is 6.35. The number of nitrogens with one attached hydrogen (secondary N) is 1. The van der Waals surface area contributed by atoms with Gasteiger partial charge in [-0.1, -0.05) is 29.3 Å². The zero-order chi connectivity index (χ0) is 20.1. The van der Waals surface area contributed by atoms with E-state index in [-0.39, 0.29) is 30.6 Å². The Hall–Kier alpha value is -2.90. The number of benzene rings is 1. The number of aryl methyl sites for hydroxylation is 1. The number of amides is 1. The smallest absolute Gasteiger partial charge is 0.253 e. The minimum absolute atomic E-state index is 0.0917. The number of rotatable bonds is 6. The summed E-state index contributed by atoms with van der Waals surface area (Å²) < 4.78 is 5.69. The lowest BCUT2D eigenvalue weighted by Crippen LogP contribution is -2.23. The molecule has 1 aromatic carbocycles. The number of hydrogen-bond donors (Lipinski definition) is 2. The van der Waals surface area contributed by atoms with E-state index in [1.54, 1.807) is 30.6 Å². The standard InChI is InChI=1S/C19H17Cl2N5O2/c1-11-6-24-13(8-23-11)9-26-19(27)12-5-17(18(22)25-7-12)28-10-14-15(20)3-2-4-16(14)21/h2-8H,9-10H2,1H3,(H2,22,25)(H,26,27). The highest BCUT2D eigenvalue weighted by Gasteiger charge is 2.13. The lowest BCUT2D eigenvalue weighted by molar-refractivity contribution is 0.0949. The number of carbonyl (C=O) groups is 1. The maximum absolute atomic E-state index is 12.4. The summed E-state index contributed by atoms with van der Waals surface area (Å²) in [6, 6.07) is 6.69. The van der Waals surface area contributed by atoms with Crippen molar-refractivity contribution in [3.8, 4) is 5.75 Å². The Labute approximate surface area is 171 Å². The predicted molar refractivity (Wildman–Crippen MR) is 107 cm³/mol. The van der Waals surface area contributed by atoms with Crippen LogP contribution in [0.1, 0.15) is 27.3 Å². The molecule has 0 aliphatic rings. The predicted octanol–water partition coefficient (Wildman–Crippen LogP) is 3.58. The molecule has 0 bridgehead atoms. The van der Waals surface area contributed by atoms with Crippen LogP contribution >= 0.6 is 23.2 Å². The Morgan fingerprint density at radius 1 is 1.14 bits per heavy atom. The van der Waals surface area contributed by atoms with Crippen molar-refractivity contribution in [2.75, 3.05) is 5.73 Å². The van der Waals surface area contributed by atoms with Crippen LogP contribution in [0.3, 0.4) is 0 Å². The fraction of sp³-hybridized carbons (Fsp3) is 0.158. The third kappa shape index (κ3) is 4.88. The van der Waals surface area contributed by atoms with Crippen molar-refractivity contribution in [2.45, 2.75) is 20.1 Å². The molecule has 0 aliphatic heterocycles. The van der Waals surface area contributed by atoms with Gasteiger partial charge in [0.25, 0.3) is 5.91 Å². The second-order valence-corrected chi connectivity index (χ2v) is 6.74. The first kappa shape index (κ1) is 19.9. The highest BCUT2D eigenvalue weighted by atomic mass is 35.5. The molecular weight excluding hydrogens is 401 g/mol. The maximum atomic E-state index is 12.4. The summed E-state index contributed by atoms with van der Waals surface area (Å²) in [5, 5.41) is 3.71. The Bertz CT molecular complexity index is 976. The molecule has 9 heteroatoms. The largest absolute Gasteiger partial charge is 0.485 e. The first-order valence-electron chi connectivity index (χ1n) is 8.31. The molecule has 1 amide bonds. The zero-order valence-electron chi connectivity index (χ0n) is 14.9. The maximum Gasteiger partial charge on any atom is 0.253 e. The molecule has 0 saturated carbocycles. The SMILES string of the molecule is Cc1cnc(CNC(=O)c2cnc(N)c(OCc3c(Cl)cccc3Cl)c2)cn1. The van der Waals surface area contributed by atoms with E-state index in [0.29, 0.717) is 26.9 Å². The van der Waals surface area contributed by atoms with Gasteiger partial charge in [0.05, 0.1) is 29.7 Å². The van der Waals surface area contributed by atoms with Crippen molar-refractivity contribution < 1.29 is 9.53 Å². The normalized spacial score (nSPS) is 10.5. The van der Waals surface area contributed by atoms with Gasteiger partial charge in [-0.15, -0.1) is 0 Å². The van der Waals surface area contributed by atoms with Crippen molar-refractivity contribution in [1.29, 1.82) is 0 Å². The van der Waals surface area contributed by atoms with Crippen LogP contribution in [0.5, 0.6) is 5.75 Å². The fourth-order valence-corrected chi connectivity index (χ4v) is 2.81. The molecule has 3 aromatic rings. The lowest BCUT2D eigenvalue weighted by Gasteiger charge is -2.12. The average molecular weight is 418 g/mol. The minimum atomic E-state index is -0.337. The van der Waals surface area contributed by atoms with Crippen LogP contribution in [0.2, 0.25) is 10.0 Å². The third-order valence-electron chi connectivity index (χ3n) is 3.84. The molecule has 3 rings (SSSR count). The second kappa shape index (κ2) is 8.86. The molecule has 2 aromatic heterocycles. The number of ether oxygens (including phenoxy) is 1. The van der Waals surface area contributed by atoms with Crippen molar-refractivity contribution >= 4 is 34.9 Å². The number of aromatic nitrogens is 3. The molecular formula is C19H17Cl2N5O2. The summed E-state index contributed by atoms with van der Waals surface area (Å²) >= 11 is 12.3. The summed E-state index contributed by atoms with van der Waals surface area (Å²) in [6.07, 6.45) is 4.62. The number of carbonyl (C=O) groups excluding carboxylic acids is 1. The molecule has 0 radical (unpaired) electrons. The summed E-state index contributed by atoms with van der Waals surface area (Å²) in [5.41, 5.74) is 8.23. The number of nitrogens with zero attached hydrogens (tertiary/aromatic N) is 3. The lowest BCUT2D eigenvalue weighted by atomic mass is 10.2. The van der Waals surface area contributed by atoms with E-state index in [1.807, 2.05) is 6.92 Å². The Balaban J connectivity index is 1.68. The average Bonchev–Trinajstić information content (AvgIpc) is 2.68. The number of nitrogens with two attached hydrogens (primary N) is 1. The Kier molecular flexibility index (Phi) is 6.28. The molecule has 7 nitrogen and oxygen atoms in total. The first-order chi connectivity index (χ1) is 13.4. The second-order valence-electron chi connectivity index (χ2n) is 5.93. The van der Waals surface area contributed by atoms with Gasteiger partial charge >= 0.3 is 0 Å². The zero-order valence-corrected chi connectivity index (χ0v) is 16.5. The Morgan fingerprint density at radius 2 is 1.89 bits per heavy atom. The van der Waals surface area contributed by atoms with Crippen LogP contribution in [0.4, 0.5) is 5.82 Å². The topological polar surface area (TPSA) is 103 Å². The van der Waals surface area contributed by atoms with Crippen LogP contribution in [-0.2, 0) is 13.2 Å². The monoisotopic (exact) mass is 417 g/mol. The summed E-state index contributed by atoms with van der Waals surface area (Å²) in [7, 11) is 0. The quantitative estimate of drug-likeness (QED) is 0.635. The van der Waals surface area contributed by atoms with Gasteiger partial charge in [-0.25, -0.2) is 4.98 Å². The van der Waals surface area contributed by atoms with E-state index in [1.165, 1.54) is 12.3 Å². The number of hydrogen-bond acceptors (Lipinski definition) is 6. The molecule has 0 saturated heterocycles. The van der Waals surface area contributed by atoms with Gasteiger partial charge in [0.15, 0.2) is 11.6 Å². The molecule has 2 heterocycles. The molecule has 0 spiro atoms. The van der Waals surface area contributed by atoms with Crippen LogP contribution < -0.4 is 15.8 Å². The van der Waals surface area contributed by atoms with E-state index in [0.717, 1.165) is 5.69 Å². The number of pyridine rings is 1. The fourth-order valence-electron chi connectivity index (χ4n) is 2.30. The molecule has 0 fully saturated rings. The molecule has 144 valence electrons. The van der Waals surface area contributed by atoms with Gasteiger partial charge in [-0.3, -0.25) is 14.8 Å². The summed E-state index contributed by atoms with van der Waals surface area (Å²) in [5.74, 6) is 0.0818. The first-order valence-corrected chi connectivity index (χ1v) is 9.06. The molecule has 28 heavy (non-hydrogen) atoms. The van der Waals surface area contributed by atoms with Crippen LogP contribution in [0, 0.1) is 6.92 Å². The van der Waals surface area contributed by atoms with Crippen molar-refractivity contribution in [3.05, 3.63) is 75.4 Å². The van der Waals surface area contributed by atoms with E-state index in [4.69, 9.17) is 33.7 Å². The summed E-state index contributed by atoms with van der Waals surface area (Å²) in [4.78, 5) is 24.7. The van der Waals surface area contributed by atoms with Gasteiger partial charge in [-0.05, 0) is 25.1 Å². The van der Waals surface area contributed by atoms with E-state index in [2.05, 4.69) is 20.3 Å². The summed E-state index contributed by atoms with van der Waals surface area (Å²) in [6.45, 7) is 2.17. The van der Waals surface area contributed by atoms with Gasteiger partial charge in [0.1, 0.15) is 6.61 Å². The van der Waals surface area contributed by atoms with Crippen LogP contribution in [0.15, 0.2) is 42.9 Å². The Morgan fingerprint density at radius 3 is 2.57 bits per heavy atom. The minimum Gasteiger partial charge on any atom is -0.485 e. The highest BCUT2D eigenvalue weighted by Crippen LogP contribution is 2.27. The molecule has 0 atom stereocenters. The van der Waals surface area contributed by atoms with Crippen molar-refractivity contribution in [2.24, 2.45) is 0 Å². The molecule has 0 aliphatic carbocycles. The molecule has 0 unspecified atom stereocenters. The van der Waals surface area contributed by atoms with Crippen molar-refractivity contribution in [1.82, 2.24) is 20.3 Å². The van der Waals surface area contributed by atoms with E-state index < -0.39 is 0 Å². The van der Waals surface area contributed by atoms with Crippen molar-refractivity contribution in [3.63, 3.8) is 0 Å². The number of anilines is 1. The third-order valence-corrected chi connectivity index (χ3v) is 4.55. The van der Waals surface area contributed by atoms with E-state index in [9.17, 15) is 4.79 Å². The number of halogens is 2. The van der Waals surface area contributed by atoms with Gasteiger partial charge < -0.3 is 15.8 Å². The van der Waals surface area contributed by atoms with Gasteiger partial charge in [0, 0.05) is 28.0 Å². The van der Waals surface area contributed by atoms with Crippen LogP contribution in [0.25, 0.3) is 0 Å².